The molecule has 0 bridgehead atoms. The van der Waals surface area contributed by atoms with E-state index >= 15 is 0 Å². The molecule has 1 aliphatic rings. The summed E-state index contributed by atoms with van der Waals surface area (Å²) in [6, 6.07) is 7.27. The van der Waals surface area contributed by atoms with E-state index in [1.807, 2.05) is 12.1 Å². The molecule has 1 aromatic carbocycles. The first-order valence-electron chi connectivity index (χ1n) is 11.2. The predicted molar refractivity (Wildman–Crippen MR) is 128 cm³/mol. The SMILES string of the molecule is COc1cccc2cc(-c3csc(NC(=O)CCC(=O)NC4CCCCCC4)n3)c(=O)oc12. The molecule has 0 unspecified atom stereocenters. The van der Waals surface area contributed by atoms with Gasteiger partial charge in [-0.15, -0.1) is 11.3 Å². The zero-order valence-electron chi connectivity index (χ0n) is 18.5. The maximum absolute atomic E-state index is 12.5. The molecule has 33 heavy (non-hydrogen) atoms. The van der Waals surface area contributed by atoms with Crippen molar-refractivity contribution < 1.29 is 18.7 Å². The number of carbonyl (C=O) groups is 2. The number of amides is 2. The van der Waals surface area contributed by atoms with Crippen molar-refractivity contribution in [3.05, 3.63) is 40.1 Å². The van der Waals surface area contributed by atoms with E-state index in [0.717, 1.165) is 25.7 Å². The minimum atomic E-state index is -0.537. The second-order valence-corrected chi connectivity index (χ2v) is 9.03. The van der Waals surface area contributed by atoms with E-state index in [1.165, 1.54) is 31.3 Å². The van der Waals surface area contributed by atoms with E-state index in [9.17, 15) is 14.4 Å². The fourth-order valence-corrected chi connectivity index (χ4v) is 4.77. The van der Waals surface area contributed by atoms with Gasteiger partial charge in [0.15, 0.2) is 16.5 Å². The predicted octanol–water partition coefficient (Wildman–Crippen LogP) is 4.48. The molecule has 8 nitrogen and oxygen atoms in total. The van der Waals surface area contributed by atoms with Crippen LogP contribution in [0.4, 0.5) is 5.13 Å². The van der Waals surface area contributed by atoms with Gasteiger partial charge >= 0.3 is 5.63 Å². The van der Waals surface area contributed by atoms with Crippen LogP contribution in [0.25, 0.3) is 22.2 Å². The minimum absolute atomic E-state index is 0.0748. The summed E-state index contributed by atoms with van der Waals surface area (Å²) in [7, 11) is 1.51. The molecule has 2 heterocycles. The Kier molecular flexibility index (Phi) is 7.39. The molecule has 0 aliphatic heterocycles. The fourth-order valence-electron chi connectivity index (χ4n) is 4.04. The quantitative estimate of drug-likeness (QED) is 0.390. The van der Waals surface area contributed by atoms with Crippen LogP contribution >= 0.6 is 11.3 Å². The number of carbonyl (C=O) groups excluding carboxylic acids is 2. The zero-order chi connectivity index (χ0) is 23.2. The summed E-state index contributed by atoms with van der Waals surface area (Å²) >= 11 is 1.21. The third-order valence-electron chi connectivity index (χ3n) is 5.77. The lowest BCUT2D eigenvalue weighted by Gasteiger charge is -2.15. The van der Waals surface area contributed by atoms with Crippen LogP contribution in [0.2, 0.25) is 0 Å². The first-order valence-corrected chi connectivity index (χ1v) is 12.1. The van der Waals surface area contributed by atoms with Gasteiger partial charge in [0.1, 0.15) is 0 Å². The number of hydrogen-bond donors (Lipinski definition) is 2. The molecule has 174 valence electrons. The minimum Gasteiger partial charge on any atom is -0.493 e. The Bertz CT molecular complexity index is 1190. The number of para-hydroxylation sites is 1. The van der Waals surface area contributed by atoms with Gasteiger partial charge in [-0.25, -0.2) is 9.78 Å². The molecule has 2 aromatic heterocycles. The normalized spacial score (nSPS) is 14.6. The highest BCUT2D eigenvalue weighted by Gasteiger charge is 2.17. The summed E-state index contributed by atoms with van der Waals surface area (Å²) in [4.78, 5) is 41.4. The number of rotatable bonds is 7. The van der Waals surface area contributed by atoms with Crippen molar-refractivity contribution in [3.63, 3.8) is 0 Å². The Morgan fingerprint density at radius 2 is 1.91 bits per heavy atom. The molecule has 2 amide bonds. The van der Waals surface area contributed by atoms with Gasteiger partial charge in [-0.05, 0) is 25.0 Å². The van der Waals surface area contributed by atoms with Gasteiger partial charge in [0.25, 0.3) is 0 Å². The number of anilines is 1. The highest BCUT2D eigenvalue weighted by molar-refractivity contribution is 7.14. The number of nitrogens with one attached hydrogen (secondary N) is 2. The van der Waals surface area contributed by atoms with Crippen LogP contribution in [0.1, 0.15) is 51.4 Å². The third-order valence-corrected chi connectivity index (χ3v) is 6.53. The van der Waals surface area contributed by atoms with Crippen LogP contribution in [-0.4, -0.2) is 29.9 Å². The Labute approximate surface area is 195 Å². The first kappa shape index (κ1) is 23.0. The number of nitrogens with zero attached hydrogens (tertiary/aromatic N) is 1. The summed E-state index contributed by atoms with van der Waals surface area (Å²) < 4.78 is 10.7. The van der Waals surface area contributed by atoms with Crippen LogP contribution in [0.5, 0.6) is 5.75 Å². The van der Waals surface area contributed by atoms with Crippen molar-refractivity contribution in [2.45, 2.75) is 57.4 Å². The van der Waals surface area contributed by atoms with Gasteiger partial charge in [-0.1, -0.05) is 37.8 Å². The number of thiazole rings is 1. The summed E-state index contributed by atoms with van der Waals surface area (Å²) in [5, 5.41) is 8.52. The van der Waals surface area contributed by atoms with Gasteiger partial charge in [-0.3, -0.25) is 9.59 Å². The smallest absolute Gasteiger partial charge is 0.345 e. The van der Waals surface area contributed by atoms with Crippen LogP contribution < -0.4 is 21.0 Å². The van der Waals surface area contributed by atoms with Crippen LogP contribution in [0.15, 0.2) is 38.9 Å². The first-order chi connectivity index (χ1) is 16.0. The van der Waals surface area contributed by atoms with Gasteiger partial charge < -0.3 is 19.8 Å². The van der Waals surface area contributed by atoms with Gasteiger partial charge in [-0.2, -0.15) is 0 Å². The number of methoxy groups -OCH3 is 1. The van der Waals surface area contributed by atoms with Crippen molar-refractivity contribution in [2.75, 3.05) is 12.4 Å². The Hall–Kier alpha value is -3.20. The Morgan fingerprint density at radius 3 is 2.67 bits per heavy atom. The Balaban J connectivity index is 1.35. The molecule has 1 aliphatic carbocycles. The van der Waals surface area contributed by atoms with Crippen LogP contribution in [0.3, 0.4) is 0 Å². The lowest BCUT2D eigenvalue weighted by atomic mass is 10.1. The largest absolute Gasteiger partial charge is 0.493 e. The van der Waals surface area contributed by atoms with E-state index in [1.54, 1.807) is 17.5 Å². The molecular formula is C24H27N3O5S. The molecule has 2 N–H and O–H groups in total. The molecular weight excluding hydrogens is 442 g/mol. The van der Waals surface area contributed by atoms with Crippen LogP contribution in [0, 0.1) is 0 Å². The van der Waals surface area contributed by atoms with Crippen molar-refractivity contribution in [1.29, 1.82) is 0 Å². The molecule has 0 radical (unpaired) electrons. The lowest BCUT2D eigenvalue weighted by Crippen LogP contribution is -2.34. The number of aromatic nitrogens is 1. The van der Waals surface area contributed by atoms with Gasteiger partial charge in [0.05, 0.1) is 18.4 Å². The van der Waals surface area contributed by atoms with Gasteiger partial charge in [0.2, 0.25) is 11.8 Å². The molecule has 0 atom stereocenters. The second-order valence-electron chi connectivity index (χ2n) is 8.17. The topological polar surface area (TPSA) is 111 Å². The van der Waals surface area contributed by atoms with E-state index in [4.69, 9.17) is 9.15 Å². The third kappa shape index (κ3) is 5.78. The molecule has 4 rings (SSSR count). The molecule has 0 saturated heterocycles. The molecule has 0 spiro atoms. The monoisotopic (exact) mass is 469 g/mol. The van der Waals surface area contributed by atoms with E-state index < -0.39 is 5.63 Å². The fraction of sp³-hybridized carbons (Fsp3) is 0.417. The average molecular weight is 470 g/mol. The number of benzene rings is 1. The average Bonchev–Trinajstić information content (AvgIpc) is 3.11. The highest BCUT2D eigenvalue weighted by Crippen LogP contribution is 2.29. The van der Waals surface area contributed by atoms with Crippen molar-refractivity contribution in [3.8, 4) is 17.0 Å². The highest BCUT2D eigenvalue weighted by atomic mass is 32.1. The number of fused-ring (bicyclic) bond motifs is 1. The van der Waals surface area contributed by atoms with Crippen molar-refractivity contribution in [1.82, 2.24) is 10.3 Å². The number of ether oxygens (including phenoxy) is 1. The summed E-state index contributed by atoms with van der Waals surface area (Å²) in [5.41, 5.74) is 0.556. The molecule has 1 fully saturated rings. The van der Waals surface area contributed by atoms with E-state index in [2.05, 4.69) is 15.6 Å². The summed E-state index contributed by atoms with van der Waals surface area (Å²) in [6.45, 7) is 0. The van der Waals surface area contributed by atoms with Crippen molar-refractivity contribution >= 4 is 39.3 Å². The second kappa shape index (κ2) is 10.6. The molecule has 3 aromatic rings. The maximum atomic E-state index is 12.5. The Morgan fingerprint density at radius 1 is 1.15 bits per heavy atom. The lowest BCUT2D eigenvalue weighted by molar-refractivity contribution is -0.124. The van der Waals surface area contributed by atoms with Crippen LogP contribution in [-0.2, 0) is 9.59 Å². The zero-order valence-corrected chi connectivity index (χ0v) is 19.3. The molecule has 1 saturated carbocycles. The summed E-state index contributed by atoms with van der Waals surface area (Å²) in [5.74, 6) is 0.0914. The summed E-state index contributed by atoms with van der Waals surface area (Å²) in [6.07, 6.45) is 6.95. The number of hydrogen-bond acceptors (Lipinski definition) is 7. The standard InChI is InChI=1S/C24H27N3O5S/c1-31-19-10-6-7-15-13-17(23(30)32-22(15)19)18-14-33-24(26-18)27-21(29)12-11-20(28)25-16-8-4-2-3-5-9-16/h6-7,10,13-14,16H,2-5,8-9,11-12H2,1H3,(H,25,28)(H,26,27,29). The molecule has 9 heteroatoms. The van der Waals surface area contributed by atoms with E-state index in [-0.39, 0.29) is 30.7 Å². The van der Waals surface area contributed by atoms with E-state index in [0.29, 0.717) is 33.1 Å². The maximum Gasteiger partial charge on any atom is 0.345 e. The van der Waals surface area contributed by atoms with Crippen molar-refractivity contribution in [2.24, 2.45) is 0 Å². The van der Waals surface area contributed by atoms with Gasteiger partial charge in [0, 0.05) is 29.6 Å².